The number of benzene rings is 4. The molecule has 0 aliphatic carbocycles. The Morgan fingerprint density at radius 3 is 1.11 bits per heavy atom. The van der Waals surface area contributed by atoms with E-state index in [1.807, 2.05) is 55.4 Å². The highest BCUT2D eigenvalue weighted by Crippen LogP contribution is 2.53. The largest absolute Gasteiger partial charge is 0.445 e. The molecule has 65 heavy (non-hydrogen) atoms. The van der Waals surface area contributed by atoms with Gasteiger partial charge in [0.2, 0.25) is 0 Å². The van der Waals surface area contributed by atoms with Crippen LogP contribution in [0.25, 0.3) is 32.7 Å². The summed E-state index contributed by atoms with van der Waals surface area (Å²) in [7, 11) is -0.481. The van der Waals surface area contributed by atoms with E-state index >= 15 is 0 Å². The summed E-state index contributed by atoms with van der Waals surface area (Å²) in [6.45, 7) is 44.3. The summed E-state index contributed by atoms with van der Waals surface area (Å²) in [6.07, 6.45) is 13.0. The third-order valence-electron chi connectivity index (χ3n) is 10.8. The molecule has 354 valence electrons. The Hall–Kier alpha value is -4.46. The fourth-order valence-electron chi connectivity index (χ4n) is 7.31. The number of terminal acetylenes is 1. The molecule has 0 aromatic heterocycles. The molecule has 0 aliphatic heterocycles. The van der Waals surface area contributed by atoms with Gasteiger partial charge in [0, 0.05) is 11.1 Å². The maximum Gasteiger partial charge on any atom is 0.275 e. The lowest BCUT2D eigenvalue weighted by atomic mass is 9.84. The van der Waals surface area contributed by atoms with Crippen molar-refractivity contribution in [2.45, 2.75) is 169 Å². The number of rotatable bonds is 17. The van der Waals surface area contributed by atoms with E-state index in [1.165, 1.54) is 33.0 Å². The third kappa shape index (κ3) is 16.7. The summed E-state index contributed by atoms with van der Waals surface area (Å²) >= 11 is 0. The van der Waals surface area contributed by atoms with Gasteiger partial charge in [-0.05, 0) is 151 Å². The van der Waals surface area contributed by atoms with Gasteiger partial charge in [0.25, 0.3) is 18.1 Å². The first-order chi connectivity index (χ1) is 30.8. The van der Waals surface area contributed by atoms with Crippen molar-refractivity contribution in [3.63, 3.8) is 0 Å². The lowest BCUT2D eigenvalue weighted by Gasteiger charge is -2.26. The average Bonchev–Trinajstić information content (AvgIpc) is 3.26. The van der Waals surface area contributed by atoms with Crippen LogP contribution < -0.4 is 9.05 Å². The summed E-state index contributed by atoms with van der Waals surface area (Å²) in [6, 6.07) is 18.5. The van der Waals surface area contributed by atoms with Crippen LogP contribution in [0.1, 0.15) is 191 Å². The van der Waals surface area contributed by atoms with E-state index < -0.39 is 0 Å². The molecule has 2 unspecified atom stereocenters. The topological polar surface area (TPSA) is 36.9 Å². The Bertz CT molecular complexity index is 2190. The Kier molecular flexibility index (Phi) is 27.0. The van der Waals surface area contributed by atoms with Crippen LogP contribution in [-0.2, 0) is 9.05 Å². The third-order valence-corrected chi connectivity index (χ3v) is 12.1. The Balaban J connectivity index is 0.00000216. The van der Waals surface area contributed by atoms with Crippen molar-refractivity contribution >= 4 is 39.6 Å². The molecule has 0 saturated carbocycles. The van der Waals surface area contributed by atoms with Crippen LogP contribution in [0.15, 0.2) is 95.5 Å². The molecule has 2 atom stereocenters. The average molecular weight is 919 g/mol. The van der Waals surface area contributed by atoms with Crippen molar-refractivity contribution in [2.75, 3.05) is 0 Å². The molecule has 4 rings (SSSR count). The molecular formula is C59H84O4P2. The van der Waals surface area contributed by atoms with Crippen LogP contribution >= 0.6 is 18.1 Å². The van der Waals surface area contributed by atoms with Crippen LogP contribution in [0.3, 0.4) is 0 Å². The van der Waals surface area contributed by atoms with E-state index in [0.717, 1.165) is 56.0 Å². The molecule has 0 fully saturated rings. The molecule has 4 nitrogen and oxygen atoms in total. The van der Waals surface area contributed by atoms with Gasteiger partial charge in [0.05, 0.1) is 0 Å². The predicted octanol–water partition coefficient (Wildman–Crippen LogP) is 19.7. The van der Waals surface area contributed by atoms with Crippen LogP contribution in [0.2, 0.25) is 0 Å². The van der Waals surface area contributed by atoms with Gasteiger partial charge in [0.15, 0.2) is 0 Å². The summed E-state index contributed by atoms with van der Waals surface area (Å²) in [5.41, 5.74) is 9.29. The van der Waals surface area contributed by atoms with Crippen LogP contribution in [0.4, 0.5) is 0 Å². The molecule has 4 aromatic carbocycles. The number of hydrogen-bond acceptors (Lipinski definition) is 4. The first kappa shape index (κ1) is 58.6. The molecule has 0 aliphatic rings. The first-order valence-corrected chi connectivity index (χ1v) is 25.2. The van der Waals surface area contributed by atoms with Gasteiger partial charge in [-0.15, -0.1) is 24.2 Å². The fraction of sp³-hybridized carbons (Fsp3) is 0.458. The van der Waals surface area contributed by atoms with E-state index in [1.54, 1.807) is 6.92 Å². The molecule has 4 aromatic rings. The summed E-state index contributed by atoms with van der Waals surface area (Å²) in [4.78, 5) is 0. The van der Waals surface area contributed by atoms with Crippen molar-refractivity contribution < 1.29 is 18.1 Å². The van der Waals surface area contributed by atoms with Crippen molar-refractivity contribution in [3.05, 3.63) is 118 Å². The highest BCUT2D eigenvalue weighted by atomic mass is 31.1. The standard InChI is InChI=1S/C50H68O4P2.C4H6.C3H4.C2H6/c1-17-19-41(31(7)8)35(15)51-55-53-49-45(33(11)12)27-39-25-37(29(3)4)21-23-43(39)47(49)48-44-24-22-38(30(5)6)26-40(44)28-46(34(13)14)50(48)54-56-52-36(16)42(20-18-2)32(9)10;1-3-4-2;1-3-2;1-2/h17-34,55-56H,1-16H3;1-2H3;1H,2H3;1-2H3/b19-17-,20-18-,41-35-,42-36-;;;. The Morgan fingerprint density at radius 2 is 0.862 bits per heavy atom. The predicted molar refractivity (Wildman–Crippen MR) is 293 cm³/mol. The maximum atomic E-state index is 6.99. The van der Waals surface area contributed by atoms with Gasteiger partial charge >= 0.3 is 0 Å². The van der Waals surface area contributed by atoms with Crippen LogP contribution in [0.5, 0.6) is 11.5 Å². The molecule has 0 saturated heterocycles. The Morgan fingerprint density at radius 1 is 0.538 bits per heavy atom. The molecule has 0 N–H and O–H groups in total. The molecule has 0 spiro atoms. The SMILES string of the molecule is C#CC.C/C=C\C(=C(/C)OPOc1c(C(C)C)cc2cc(C(C)C)ccc2c1-c1c(OPO/C(C)=C(/C=C\C)C(C)C)c(C(C)C)cc2cc(C(C)C)ccc12)C(C)C.CC.CC#CC. The second-order valence-electron chi connectivity index (χ2n) is 17.6. The summed E-state index contributed by atoms with van der Waals surface area (Å²) < 4.78 is 26.9. The van der Waals surface area contributed by atoms with Gasteiger partial charge in [-0.25, -0.2) is 0 Å². The fourth-order valence-corrected chi connectivity index (χ4v) is 8.48. The molecule has 0 radical (unpaired) electrons. The van der Waals surface area contributed by atoms with E-state index in [-0.39, 0.29) is 29.9 Å². The summed E-state index contributed by atoms with van der Waals surface area (Å²) in [5.74, 6) is 12.8. The smallest absolute Gasteiger partial charge is 0.275 e. The molecule has 0 bridgehead atoms. The zero-order chi connectivity index (χ0) is 49.6. The lowest BCUT2D eigenvalue weighted by molar-refractivity contribution is 0.414. The van der Waals surface area contributed by atoms with Gasteiger partial charge in [0.1, 0.15) is 23.0 Å². The van der Waals surface area contributed by atoms with E-state index in [4.69, 9.17) is 18.1 Å². The quantitative estimate of drug-likeness (QED) is 0.0458. The molecule has 0 amide bonds. The van der Waals surface area contributed by atoms with Crippen molar-refractivity contribution in [3.8, 4) is 46.8 Å². The molecule has 6 heteroatoms. The van der Waals surface area contributed by atoms with E-state index in [9.17, 15) is 0 Å². The maximum absolute atomic E-state index is 6.99. The van der Waals surface area contributed by atoms with Gasteiger partial charge in [-0.2, -0.15) is 0 Å². The molecule has 0 heterocycles. The van der Waals surface area contributed by atoms with Gasteiger partial charge < -0.3 is 18.1 Å². The zero-order valence-corrected chi connectivity index (χ0v) is 46.1. The van der Waals surface area contributed by atoms with E-state index in [0.29, 0.717) is 23.7 Å². The number of fused-ring (bicyclic) bond motifs is 2. The second kappa shape index (κ2) is 29.9. The van der Waals surface area contributed by atoms with Crippen LogP contribution in [-0.4, -0.2) is 0 Å². The minimum Gasteiger partial charge on any atom is -0.445 e. The van der Waals surface area contributed by atoms with E-state index in [2.05, 4.69) is 180 Å². The number of hydrogen-bond donors (Lipinski definition) is 0. The minimum atomic E-state index is -0.240. The van der Waals surface area contributed by atoms with Crippen LogP contribution in [0, 0.1) is 36.0 Å². The van der Waals surface area contributed by atoms with Gasteiger partial charge in [-0.3, -0.25) is 0 Å². The monoisotopic (exact) mass is 919 g/mol. The highest BCUT2D eigenvalue weighted by molar-refractivity contribution is 7.27. The van der Waals surface area contributed by atoms with Crippen molar-refractivity contribution in [1.82, 2.24) is 0 Å². The normalized spacial score (nSPS) is 12.4. The summed E-state index contributed by atoms with van der Waals surface area (Å²) in [5, 5.41) is 4.63. The van der Waals surface area contributed by atoms with Gasteiger partial charge in [-0.1, -0.05) is 158 Å². The zero-order valence-electron chi connectivity index (χ0n) is 44.1. The lowest BCUT2D eigenvalue weighted by Crippen LogP contribution is -2.03. The number of allylic oxidation sites excluding steroid dienone is 8. The molecular weight excluding hydrogens is 835 g/mol. The Labute approximate surface area is 401 Å². The van der Waals surface area contributed by atoms with Crippen molar-refractivity contribution in [1.29, 1.82) is 0 Å². The first-order valence-electron chi connectivity index (χ1n) is 23.6. The second-order valence-corrected chi connectivity index (χ2v) is 18.8. The van der Waals surface area contributed by atoms with Crippen molar-refractivity contribution in [2.24, 2.45) is 11.8 Å². The highest BCUT2D eigenvalue weighted by Gasteiger charge is 2.27. The minimum absolute atomic E-state index is 0.182.